The molecular formula is C13H9Cl2N3. The third-order valence-electron chi connectivity index (χ3n) is 2.70. The van der Waals surface area contributed by atoms with Crippen molar-refractivity contribution < 1.29 is 0 Å². The fraction of sp³-hybridized carbons (Fsp3) is 0. The molecule has 0 atom stereocenters. The molecule has 0 saturated heterocycles. The second-order valence-electron chi connectivity index (χ2n) is 3.98. The molecule has 5 heteroatoms. The van der Waals surface area contributed by atoms with Crippen LogP contribution in [0.25, 0.3) is 22.4 Å². The van der Waals surface area contributed by atoms with Crippen LogP contribution in [0.1, 0.15) is 0 Å². The van der Waals surface area contributed by atoms with Crippen molar-refractivity contribution in [3.05, 3.63) is 46.4 Å². The van der Waals surface area contributed by atoms with Crippen molar-refractivity contribution >= 4 is 39.9 Å². The highest BCUT2D eigenvalue weighted by molar-refractivity contribution is 6.31. The predicted octanol–water partition coefficient (Wildman–Crippen LogP) is 4.12. The molecule has 0 aliphatic rings. The summed E-state index contributed by atoms with van der Waals surface area (Å²) in [6.07, 6.45) is 0. The molecule has 3 nitrogen and oxygen atoms in total. The molecule has 0 saturated carbocycles. The molecule has 0 spiro atoms. The van der Waals surface area contributed by atoms with E-state index in [9.17, 15) is 0 Å². The van der Waals surface area contributed by atoms with Gasteiger partial charge in [0.25, 0.3) is 0 Å². The third-order valence-corrected chi connectivity index (χ3v) is 3.17. The van der Waals surface area contributed by atoms with Crippen molar-refractivity contribution in [3.8, 4) is 11.4 Å². The second-order valence-corrected chi connectivity index (χ2v) is 4.86. The average molecular weight is 278 g/mol. The Morgan fingerprint density at radius 3 is 2.44 bits per heavy atom. The standard InChI is InChI=1S/C13H9Cl2N3/c14-8-3-1-7(2-4-8)13-17-11-6-9(15)5-10(16)12(11)18-13/h1-6H,16H2,(H,17,18). The van der Waals surface area contributed by atoms with Crippen LogP contribution >= 0.6 is 23.2 Å². The Morgan fingerprint density at radius 1 is 1.00 bits per heavy atom. The number of nitrogens with one attached hydrogen (secondary N) is 1. The zero-order chi connectivity index (χ0) is 12.7. The van der Waals surface area contributed by atoms with E-state index in [4.69, 9.17) is 28.9 Å². The fourth-order valence-corrected chi connectivity index (χ4v) is 2.20. The van der Waals surface area contributed by atoms with Crippen LogP contribution in [0.4, 0.5) is 5.69 Å². The Morgan fingerprint density at radius 2 is 1.72 bits per heavy atom. The van der Waals surface area contributed by atoms with Crippen molar-refractivity contribution in [2.45, 2.75) is 0 Å². The van der Waals surface area contributed by atoms with Gasteiger partial charge in [-0.25, -0.2) is 4.98 Å². The van der Waals surface area contributed by atoms with Gasteiger partial charge in [0.05, 0.1) is 11.2 Å². The largest absolute Gasteiger partial charge is 0.397 e. The number of aromatic nitrogens is 2. The van der Waals surface area contributed by atoms with Crippen LogP contribution in [-0.2, 0) is 0 Å². The molecule has 2 aromatic carbocycles. The first-order chi connectivity index (χ1) is 8.63. The summed E-state index contributed by atoms with van der Waals surface area (Å²) >= 11 is 11.8. The van der Waals surface area contributed by atoms with E-state index in [1.54, 1.807) is 12.1 Å². The molecule has 0 radical (unpaired) electrons. The number of aromatic amines is 1. The van der Waals surface area contributed by atoms with E-state index >= 15 is 0 Å². The van der Waals surface area contributed by atoms with Gasteiger partial charge in [-0.2, -0.15) is 0 Å². The number of nitrogens with zero attached hydrogens (tertiary/aromatic N) is 1. The van der Waals surface area contributed by atoms with E-state index in [-0.39, 0.29) is 0 Å². The molecule has 1 aromatic heterocycles. The lowest BCUT2D eigenvalue weighted by atomic mass is 10.2. The van der Waals surface area contributed by atoms with Crippen molar-refractivity contribution in [2.75, 3.05) is 5.73 Å². The van der Waals surface area contributed by atoms with Gasteiger partial charge >= 0.3 is 0 Å². The van der Waals surface area contributed by atoms with Gasteiger partial charge < -0.3 is 10.7 Å². The second kappa shape index (κ2) is 4.19. The molecule has 0 amide bonds. The molecule has 0 unspecified atom stereocenters. The third kappa shape index (κ3) is 1.92. The van der Waals surface area contributed by atoms with Gasteiger partial charge in [0.15, 0.2) is 0 Å². The smallest absolute Gasteiger partial charge is 0.138 e. The first kappa shape index (κ1) is 11.4. The minimum Gasteiger partial charge on any atom is -0.397 e. The molecule has 3 aromatic rings. The molecule has 0 bridgehead atoms. The molecule has 0 aliphatic carbocycles. The lowest BCUT2D eigenvalue weighted by molar-refractivity contribution is 1.34. The fourth-order valence-electron chi connectivity index (χ4n) is 1.85. The maximum atomic E-state index is 5.95. The Bertz CT molecular complexity index is 717. The lowest BCUT2D eigenvalue weighted by Crippen LogP contribution is -1.86. The summed E-state index contributed by atoms with van der Waals surface area (Å²) in [5.41, 5.74) is 8.95. The number of benzene rings is 2. The van der Waals surface area contributed by atoms with Crippen molar-refractivity contribution in [1.82, 2.24) is 9.97 Å². The lowest BCUT2D eigenvalue weighted by Gasteiger charge is -1.95. The van der Waals surface area contributed by atoms with E-state index < -0.39 is 0 Å². The van der Waals surface area contributed by atoms with E-state index in [1.165, 1.54) is 0 Å². The summed E-state index contributed by atoms with van der Waals surface area (Å²) in [7, 11) is 0. The first-order valence-electron chi connectivity index (χ1n) is 5.34. The topological polar surface area (TPSA) is 54.7 Å². The van der Waals surface area contributed by atoms with Crippen LogP contribution in [-0.4, -0.2) is 9.97 Å². The van der Waals surface area contributed by atoms with Crippen LogP contribution in [0.5, 0.6) is 0 Å². The summed E-state index contributed by atoms with van der Waals surface area (Å²) in [6, 6.07) is 10.9. The minimum atomic E-state index is 0.564. The molecule has 1 heterocycles. The van der Waals surface area contributed by atoms with Gasteiger partial charge in [-0.05, 0) is 36.4 Å². The molecule has 3 N–H and O–H groups in total. The van der Waals surface area contributed by atoms with Crippen LogP contribution in [0.2, 0.25) is 10.0 Å². The summed E-state index contributed by atoms with van der Waals surface area (Å²) in [6.45, 7) is 0. The highest BCUT2D eigenvalue weighted by Crippen LogP contribution is 2.27. The molecule has 18 heavy (non-hydrogen) atoms. The quantitative estimate of drug-likeness (QED) is 0.658. The van der Waals surface area contributed by atoms with Crippen LogP contribution in [0.3, 0.4) is 0 Å². The normalized spacial score (nSPS) is 11.0. The number of halogens is 2. The number of imidazole rings is 1. The number of H-pyrrole nitrogens is 1. The SMILES string of the molecule is Nc1cc(Cl)cc2[nH]c(-c3ccc(Cl)cc3)nc12. The molecular weight excluding hydrogens is 269 g/mol. The minimum absolute atomic E-state index is 0.564. The van der Waals surface area contributed by atoms with E-state index in [0.29, 0.717) is 15.7 Å². The maximum absolute atomic E-state index is 5.95. The predicted molar refractivity (Wildman–Crippen MR) is 76.0 cm³/mol. The molecule has 0 aliphatic heterocycles. The number of rotatable bonds is 1. The van der Waals surface area contributed by atoms with Crippen molar-refractivity contribution in [2.24, 2.45) is 0 Å². The summed E-state index contributed by atoms with van der Waals surface area (Å²) in [5.74, 6) is 0.746. The number of anilines is 1. The highest BCUT2D eigenvalue weighted by atomic mass is 35.5. The molecule has 90 valence electrons. The molecule has 0 fully saturated rings. The monoisotopic (exact) mass is 277 g/mol. The van der Waals surface area contributed by atoms with E-state index in [1.807, 2.05) is 24.3 Å². The maximum Gasteiger partial charge on any atom is 0.138 e. The summed E-state index contributed by atoms with van der Waals surface area (Å²) in [5, 5.41) is 1.28. The summed E-state index contributed by atoms with van der Waals surface area (Å²) in [4.78, 5) is 7.67. The van der Waals surface area contributed by atoms with E-state index in [0.717, 1.165) is 22.4 Å². The highest BCUT2D eigenvalue weighted by Gasteiger charge is 2.08. The summed E-state index contributed by atoms with van der Waals surface area (Å²) < 4.78 is 0. The zero-order valence-corrected chi connectivity index (χ0v) is 10.8. The van der Waals surface area contributed by atoms with Gasteiger partial charge in [0.2, 0.25) is 0 Å². The Hall–Kier alpha value is -1.71. The number of hydrogen-bond donors (Lipinski definition) is 2. The van der Waals surface area contributed by atoms with Gasteiger partial charge in [-0.1, -0.05) is 23.2 Å². The van der Waals surface area contributed by atoms with Gasteiger partial charge in [0, 0.05) is 15.6 Å². The van der Waals surface area contributed by atoms with Crippen LogP contribution in [0, 0.1) is 0 Å². The first-order valence-corrected chi connectivity index (χ1v) is 6.10. The Kier molecular flexibility index (Phi) is 2.65. The zero-order valence-electron chi connectivity index (χ0n) is 9.24. The van der Waals surface area contributed by atoms with Crippen molar-refractivity contribution in [1.29, 1.82) is 0 Å². The van der Waals surface area contributed by atoms with Gasteiger partial charge in [-0.15, -0.1) is 0 Å². The van der Waals surface area contributed by atoms with Crippen LogP contribution < -0.4 is 5.73 Å². The van der Waals surface area contributed by atoms with Crippen molar-refractivity contribution in [3.63, 3.8) is 0 Å². The van der Waals surface area contributed by atoms with Gasteiger partial charge in [-0.3, -0.25) is 0 Å². The Balaban J connectivity index is 2.19. The number of nitrogen functional groups attached to an aromatic ring is 1. The molecule has 3 rings (SSSR count). The number of nitrogens with two attached hydrogens (primary N) is 1. The average Bonchev–Trinajstić information content (AvgIpc) is 2.74. The van der Waals surface area contributed by atoms with E-state index in [2.05, 4.69) is 9.97 Å². The Labute approximate surface area is 114 Å². The van der Waals surface area contributed by atoms with Crippen LogP contribution in [0.15, 0.2) is 36.4 Å². The number of fused-ring (bicyclic) bond motifs is 1. The van der Waals surface area contributed by atoms with Gasteiger partial charge in [0.1, 0.15) is 11.3 Å². The number of hydrogen-bond acceptors (Lipinski definition) is 2.